The average molecular weight is 280 g/mol. The van der Waals surface area contributed by atoms with Crippen LogP contribution >= 0.6 is 11.6 Å². The van der Waals surface area contributed by atoms with Crippen LogP contribution in [0.3, 0.4) is 0 Å². The van der Waals surface area contributed by atoms with Crippen LogP contribution in [0.25, 0.3) is 0 Å². The Morgan fingerprint density at radius 3 is 2.58 bits per heavy atom. The second kappa shape index (κ2) is 6.61. The fraction of sp³-hybridized carbons (Fsp3) is 0.214. The average Bonchev–Trinajstić information content (AvgIpc) is 2.43. The van der Waals surface area contributed by atoms with E-state index in [1.165, 1.54) is 12.1 Å². The molecular weight excluding hydrogens is 265 g/mol. The first kappa shape index (κ1) is 13.9. The molecule has 1 atom stereocenters. The number of halogens is 2. The smallest absolute Gasteiger partial charge is 0.123 e. The van der Waals surface area contributed by atoms with Crippen LogP contribution in [0.1, 0.15) is 11.1 Å². The highest BCUT2D eigenvalue weighted by molar-refractivity contribution is 6.31. The minimum atomic E-state index is -0.238. The highest BCUT2D eigenvalue weighted by Gasteiger charge is 2.11. The third-order valence-corrected chi connectivity index (χ3v) is 3.29. The van der Waals surface area contributed by atoms with Crippen molar-refractivity contribution in [3.63, 3.8) is 0 Å². The summed E-state index contributed by atoms with van der Waals surface area (Å²) in [5, 5.41) is 0.627. The first-order valence-electron chi connectivity index (χ1n) is 5.98. The molecule has 0 bridgehead atoms. The van der Waals surface area contributed by atoms with Gasteiger partial charge < -0.3 is 0 Å². The number of hydrogen-bond acceptors (Lipinski definition) is 3. The van der Waals surface area contributed by atoms with E-state index in [9.17, 15) is 4.39 Å². The van der Waals surface area contributed by atoms with Gasteiger partial charge in [0.1, 0.15) is 5.82 Å². The summed E-state index contributed by atoms with van der Waals surface area (Å²) in [7, 11) is 0. The van der Waals surface area contributed by atoms with Gasteiger partial charge in [0.2, 0.25) is 0 Å². The molecule has 2 aromatic rings. The summed E-state index contributed by atoms with van der Waals surface area (Å²) in [5.74, 6) is 5.33. The van der Waals surface area contributed by atoms with Crippen LogP contribution in [-0.4, -0.2) is 11.0 Å². The zero-order valence-corrected chi connectivity index (χ0v) is 11.1. The lowest BCUT2D eigenvalue weighted by Crippen LogP contribution is -2.38. The SMILES string of the molecule is NNC(Cc1ccc(F)cc1)Cc1ccncc1Cl. The number of aromatic nitrogens is 1. The van der Waals surface area contributed by atoms with Gasteiger partial charge in [-0.2, -0.15) is 0 Å². The van der Waals surface area contributed by atoms with Gasteiger partial charge in [0.05, 0.1) is 5.02 Å². The highest BCUT2D eigenvalue weighted by Crippen LogP contribution is 2.16. The summed E-state index contributed by atoms with van der Waals surface area (Å²) >= 11 is 6.07. The third-order valence-electron chi connectivity index (χ3n) is 2.95. The molecule has 0 saturated carbocycles. The second-order valence-corrected chi connectivity index (χ2v) is 4.77. The number of rotatable bonds is 5. The van der Waals surface area contributed by atoms with Crippen molar-refractivity contribution in [3.8, 4) is 0 Å². The van der Waals surface area contributed by atoms with Crippen molar-refractivity contribution < 1.29 is 4.39 Å². The number of hydrazine groups is 1. The highest BCUT2D eigenvalue weighted by atomic mass is 35.5. The predicted octanol–water partition coefficient (Wildman–Crippen LogP) is 2.49. The van der Waals surface area contributed by atoms with Crippen molar-refractivity contribution >= 4 is 11.6 Å². The van der Waals surface area contributed by atoms with Crippen molar-refractivity contribution in [3.05, 3.63) is 64.7 Å². The van der Waals surface area contributed by atoms with Crippen LogP contribution in [0.5, 0.6) is 0 Å². The molecule has 19 heavy (non-hydrogen) atoms. The van der Waals surface area contributed by atoms with Gasteiger partial charge in [-0.05, 0) is 42.2 Å². The molecule has 3 N–H and O–H groups in total. The fourth-order valence-corrected chi connectivity index (χ4v) is 2.13. The molecule has 0 aliphatic heterocycles. The topological polar surface area (TPSA) is 50.9 Å². The molecule has 3 nitrogen and oxygen atoms in total. The Labute approximate surface area is 116 Å². The molecule has 0 aliphatic carbocycles. The normalized spacial score (nSPS) is 12.4. The van der Waals surface area contributed by atoms with Crippen LogP contribution in [0.15, 0.2) is 42.7 Å². The predicted molar refractivity (Wildman–Crippen MR) is 74.2 cm³/mol. The number of nitrogens with one attached hydrogen (secondary N) is 1. The van der Waals surface area contributed by atoms with Gasteiger partial charge in [0.25, 0.3) is 0 Å². The fourth-order valence-electron chi connectivity index (χ4n) is 1.93. The first-order chi connectivity index (χ1) is 9.19. The van der Waals surface area contributed by atoms with Gasteiger partial charge in [-0.25, -0.2) is 4.39 Å². The standard InChI is InChI=1S/C14H15ClFN3/c15-14-9-18-6-5-11(14)8-13(19-17)7-10-1-3-12(16)4-2-10/h1-6,9,13,19H,7-8,17H2. The molecule has 5 heteroatoms. The largest absolute Gasteiger partial charge is 0.271 e. The van der Waals surface area contributed by atoms with Crippen LogP contribution in [-0.2, 0) is 12.8 Å². The molecule has 0 fully saturated rings. The molecular formula is C14H15ClFN3. The minimum Gasteiger partial charge on any atom is -0.271 e. The summed E-state index contributed by atoms with van der Waals surface area (Å²) in [6.07, 6.45) is 4.71. The van der Waals surface area contributed by atoms with Crippen molar-refractivity contribution in [1.29, 1.82) is 0 Å². The zero-order chi connectivity index (χ0) is 13.7. The van der Waals surface area contributed by atoms with E-state index in [4.69, 9.17) is 17.4 Å². The molecule has 0 radical (unpaired) electrons. The van der Waals surface area contributed by atoms with Gasteiger partial charge in [0, 0.05) is 18.4 Å². The monoisotopic (exact) mass is 279 g/mol. The Morgan fingerprint density at radius 2 is 1.95 bits per heavy atom. The van der Waals surface area contributed by atoms with Crippen molar-refractivity contribution in [1.82, 2.24) is 10.4 Å². The van der Waals surface area contributed by atoms with E-state index in [1.807, 2.05) is 6.07 Å². The number of pyridine rings is 1. The molecule has 1 unspecified atom stereocenters. The Kier molecular flexibility index (Phi) is 4.85. The van der Waals surface area contributed by atoms with E-state index in [2.05, 4.69) is 10.4 Å². The molecule has 1 aromatic heterocycles. The maximum atomic E-state index is 12.8. The van der Waals surface area contributed by atoms with E-state index >= 15 is 0 Å². The van der Waals surface area contributed by atoms with Gasteiger partial charge >= 0.3 is 0 Å². The Morgan fingerprint density at radius 1 is 1.21 bits per heavy atom. The Hall–Kier alpha value is -1.49. The van der Waals surface area contributed by atoms with Crippen molar-refractivity contribution in [2.75, 3.05) is 0 Å². The quantitative estimate of drug-likeness (QED) is 0.653. The van der Waals surface area contributed by atoms with Crippen molar-refractivity contribution in [2.24, 2.45) is 5.84 Å². The van der Waals surface area contributed by atoms with E-state index in [0.717, 1.165) is 11.1 Å². The summed E-state index contributed by atoms with van der Waals surface area (Å²) in [6.45, 7) is 0. The van der Waals surface area contributed by atoms with Crippen LogP contribution < -0.4 is 11.3 Å². The van der Waals surface area contributed by atoms with Gasteiger partial charge in [-0.15, -0.1) is 0 Å². The van der Waals surface area contributed by atoms with Gasteiger partial charge in [-0.1, -0.05) is 23.7 Å². The minimum absolute atomic E-state index is 0.0327. The van der Waals surface area contributed by atoms with Gasteiger partial charge in [0.15, 0.2) is 0 Å². The first-order valence-corrected chi connectivity index (χ1v) is 6.36. The maximum Gasteiger partial charge on any atom is 0.123 e. The van der Waals surface area contributed by atoms with Gasteiger partial charge in [-0.3, -0.25) is 16.3 Å². The third kappa shape index (κ3) is 3.99. The van der Waals surface area contributed by atoms with E-state index in [-0.39, 0.29) is 11.9 Å². The molecule has 0 saturated heterocycles. The number of benzene rings is 1. The number of hydrogen-bond donors (Lipinski definition) is 2. The lowest BCUT2D eigenvalue weighted by atomic mass is 10.00. The van der Waals surface area contributed by atoms with E-state index in [0.29, 0.717) is 17.9 Å². The molecule has 0 amide bonds. The lowest BCUT2D eigenvalue weighted by molar-refractivity contribution is 0.521. The van der Waals surface area contributed by atoms with Crippen LogP contribution in [0, 0.1) is 5.82 Å². The summed E-state index contributed by atoms with van der Waals surface area (Å²) < 4.78 is 12.8. The molecule has 1 aromatic carbocycles. The van der Waals surface area contributed by atoms with E-state index < -0.39 is 0 Å². The number of nitrogens with two attached hydrogens (primary N) is 1. The summed E-state index contributed by atoms with van der Waals surface area (Å²) in [4.78, 5) is 3.95. The molecule has 0 aliphatic rings. The van der Waals surface area contributed by atoms with Crippen LogP contribution in [0.2, 0.25) is 5.02 Å². The Balaban J connectivity index is 2.05. The zero-order valence-electron chi connectivity index (χ0n) is 10.3. The van der Waals surface area contributed by atoms with E-state index in [1.54, 1.807) is 24.5 Å². The lowest BCUT2D eigenvalue weighted by Gasteiger charge is -2.16. The van der Waals surface area contributed by atoms with Crippen molar-refractivity contribution in [2.45, 2.75) is 18.9 Å². The molecule has 0 spiro atoms. The maximum absolute atomic E-state index is 12.8. The molecule has 1 heterocycles. The summed E-state index contributed by atoms with van der Waals surface area (Å²) in [5.41, 5.74) is 4.78. The molecule has 100 valence electrons. The second-order valence-electron chi connectivity index (χ2n) is 4.37. The Bertz CT molecular complexity index is 530. The molecule has 2 rings (SSSR count). The number of nitrogens with zero attached hydrogens (tertiary/aromatic N) is 1. The summed E-state index contributed by atoms with van der Waals surface area (Å²) in [6, 6.07) is 8.31. The van der Waals surface area contributed by atoms with Crippen LogP contribution in [0.4, 0.5) is 4.39 Å².